The summed E-state index contributed by atoms with van der Waals surface area (Å²) in [5.41, 5.74) is -1.91. The van der Waals surface area contributed by atoms with Crippen LogP contribution in [0.1, 0.15) is 11.3 Å². The van der Waals surface area contributed by atoms with E-state index < -0.39 is 17.3 Å². The van der Waals surface area contributed by atoms with Gasteiger partial charge in [-0.05, 0) is 12.1 Å². The van der Waals surface area contributed by atoms with Crippen molar-refractivity contribution >= 4 is 23.2 Å². The van der Waals surface area contributed by atoms with E-state index in [1.54, 1.807) is 6.07 Å². The average Bonchev–Trinajstić information content (AvgIpc) is 2.69. The van der Waals surface area contributed by atoms with Crippen molar-refractivity contribution in [3.8, 4) is 11.8 Å². The Bertz CT molecular complexity index is 747. The monoisotopic (exact) mass is 321 g/mol. The van der Waals surface area contributed by atoms with Gasteiger partial charge in [-0.25, -0.2) is 4.68 Å². The van der Waals surface area contributed by atoms with Crippen LogP contribution in [0, 0.1) is 11.3 Å². The maximum Gasteiger partial charge on any atom is 0.416 e. The number of aromatic amines is 1. The van der Waals surface area contributed by atoms with E-state index in [-0.39, 0.29) is 21.4 Å². The fourth-order valence-corrected chi connectivity index (χ4v) is 2.22. The lowest BCUT2D eigenvalue weighted by Gasteiger charge is -2.12. The Morgan fingerprint density at radius 2 is 1.75 bits per heavy atom. The fraction of sp³-hybridized carbons (Fsp3) is 0.0909. The molecule has 0 atom stereocenters. The Labute approximate surface area is 119 Å². The van der Waals surface area contributed by atoms with Crippen LogP contribution in [0.25, 0.3) is 5.69 Å². The van der Waals surface area contributed by atoms with Crippen LogP contribution in [0.2, 0.25) is 10.0 Å². The number of H-pyrrole nitrogens is 1. The zero-order valence-corrected chi connectivity index (χ0v) is 10.9. The third-order valence-corrected chi connectivity index (χ3v) is 2.98. The SMILES string of the molecule is N#Cc1cc(=O)n(-c2c(Cl)cc(C(F)(F)F)cc2Cl)[nH]1. The highest BCUT2D eigenvalue weighted by atomic mass is 35.5. The number of rotatable bonds is 1. The molecule has 4 nitrogen and oxygen atoms in total. The second kappa shape index (κ2) is 4.89. The van der Waals surface area contributed by atoms with E-state index in [9.17, 15) is 18.0 Å². The number of nitrogens with zero attached hydrogens (tertiary/aromatic N) is 2. The van der Waals surface area contributed by atoms with Crippen LogP contribution in [0.3, 0.4) is 0 Å². The van der Waals surface area contributed by atoms with Gasteiger partial charge in [0.05, 0.1) is 15.6 Å². The van der Waals surface area contributed by atoms with Gasteiger partial charge in [-0.1, -0.05) is 23.2 Å². The first-order chi connectivity index (χ1) is 9.24. The minimum Gasteiger partial charge on any atom is -0.281 e. The standard InChI is InChI=1S/C11H4Cl2F3N3O/c12-7-1-5(11(14,15)16)2-8(13)10(7)19-9(20)3-6(4-17)18-19/h1-3,18H. The summed E-state index contributed by atoms with van der Waals surface area (Å²) in [6.07, 6.45) is -4.61. The molecule has 1 heterocycles. The van der Waals surface area contributed by atoms with Crippen molar-refractivity contribution in [1.82, 2.24) is 9.78 Å². The minimum atomic E-state index is -4.61. The number of nitriles is 1. The van der Waals surface area contributed by atoms with Crippen LogP contribution in [0.5, 0.6) is 0 Å². The Balaban J connectivity index is 2.68. The van der Waals surface area contributed by atoms with Crippen molar-refractivity contribution in [3.63, 3.8) is 0 Å². The predicted octanol–water partition coefficient (Wildman–Crippen LogP) is 3.36. The minimum absolute atomic E-state index is 0.0676. The number of hydrogen-bond acceptors (Lipinski definition) is 2. The molecule has 0 aliphatic carbocycles. The lowest BCUT2D eigenvalue weighted by atomic mass is 10.2. The van der Waals surface area contributed by atoms with Crippen LogP contribution in [-0.2, 0) is 6.18 Å². The van der Waals surface area contributed by atoms with E-state index in [1.165, 1.54) is 0 Å². The molecular formula is C11H4Cl2F3N3O. The zero-order chi connectivity index (χ0) is 15.1. The molecule has 9 heteroatoms. The van der Waals surface area contributed by atoms with Gasteiger partial charge in [-0.3, -0.25) is 9.89 Å². The molecule has 0 bridgehead atoms. The van der Waals surface area contributed by atoms with Crippen molar-refractivity contribution in [1.29, 1.82) is 5.26 Å². The summed E-state index contributed by atoms with van der Waals surface area (Å²) in [4.78, 5) is 11.6. The van der Waals surface area contributed by atoms with Gasteiger partial charge in [0.1, 0.15) is 17.5 Å². The molecule has 20 heavy (non-hydrogen) atoms. The highest BCUT2D eigenvalue weighted by molar-refractivity contribution is 6.37. The van der Waals surface area contributed by atoms with Gasteiger partial charge in [0.25, 0.3) is 5.56 Å². The van der Waals surface area contributed by atoms with E-state index in [0.29, 0.717) is 12.1 Å². The molecule has 0 spiro atoms. The quantitative estimate of drug-likeness (QED) is 0.875. The molecule has 1 aromatic heterocycles. The topological polar surface area (TPSA) is 61.6 Å². The third-order valence-electron chi connectivity index (χ3n) is 2.41. The Hall–Kier alpha value is -1.91. The smallest absolute Gasteiger partial charge is 0.281 e. The Morgan fingerprint density at radius 3 is 2.15 bits per heavy atom. The van der Waals surface area contributed by atoms with Crippen molar-refractivity contribution in [2.75, 3.05) is 0 Å². The van der Waals surface area contributed by atoms with E-state index in [4.69, 9.17) is 28.5 Å². The maximum atomic E-state index is 12.6. The molecule has 0 aliphatic heterocycles. The molecule has 0 fully saturated rings. The van der Waals surface area contributed by atoms with Crippen molar-refractivity contribution < 1.29 is 13.2 Å². The number of benzene rings is 1. The maximum absolute atomic E-state index is 12.6. The number of alkyl halides is 3. The van der Waals surface area contributed by atoms with Gasteiger partial charge in [0.15, 0.2) is 0 Å². The van der Waals surface area contributed by atoms with Crippen LogP contribution in [0.15, 0.2) is 23.0 Å². The lowest BCUT2D eigenvalue weighted by molar-refractivity contribution is -0.137. The molecule has 104 valence electrons. The van der Waals surface area contributed by atoms with Gasteiger partial charge in [0.2, 0.25) is 0 Å². The number of nitrogens with one attached hydrogen (secondary N) is 1. The summed E-state index contributed by atoms with van der Waals surface area (Å²) >= 11 is 11.5. The lowest BCUT2D eigenvalue weighted by Crippen LogP contribution is -2.15. The first kappa shape index (κ1) is 14.5. The first-order valence-corrected chi connectivity index (χ1v) is 5.78. The van der Waals surface area contributed by atoms with Gasteiger partial charge < -0.3 is 0 Å². The molecule has 1 N–H and O–H groups in total. The van der Waals surface area contributed by atoms with Crippen molar-refractivity contribution in [3.05, 3.63) is 49.9 Å². The normalized spacial score (nSPS) is 11.4. The highest BCUT2D eigenvalue weighted by Crippen LogP contribution is 2.36. The van der Waals surface area contributed by atoms with Crippen LogP contribution in [0.4, 0.5) is 13.2 Å². The van der Waals surface area contributed by atoms with E-state index in [2.05, 4.69) is 5.10 Å². The van der Waals surface area contributed by atoms with E-state index in [0.717, 1.165) is 10.7 Å². The summed E-state index contributed by atoms with van der Waals surface area (Å²) in [5, 5.41) is 10.3. The molecule has 0 amide bonds. The van der Waals surface area contributed by atoms with Crippen LogP contribution < -0.4 is 5.56 Å². The van der Waals surface area contributed by atoms with Gasteiger partial charge >= 0.3 is 6.18 Å². The highest BCUT2D eigenvalue weighted by Gasteiger charge is 2.32. The molecule has 0 unspecified atom stereocenters. The Kier molecular flexibility index (Phi) is 3.54. The van der Waals surface area contributed by atoms with E-state index in [1.807, 2.05) is 0 Å². The first-order valence-electron chi connectivity index (χ1n) is 5.03. The second-order valence-corrected chi connectivity index (χ2v) is 4.56. The fourth-order valence-electron chi connectivity index (χ4n) is 1.56. The summed E-state index contributed by atoms with van der Waals surface area (Å²) < 4.78 is 38.6. The molecule has 0 aliphatic rings. The summed E-state index contributed by atoms with van der Waals surface area (Å²) in [6, 6.07) is 3.98. The molecule has 2 rings (SSSR count). The third kappa shape index (κ3) is 2.53. The predicted molar refractivity (Wildman–Crippen MR) is 66.1 cm³/mol. The summed E-state index contributed by atoms with van der Waals surface area (Å²) in [5.74, 6) is 0. The molecule has 1 aromatic carbocycles. The van der Waals surface area contributed by atoms with Gasteiger partial charge in [0, 0.05) is 6.07 Å². The van der Waals surface area contributed by atoms with Crippen LogP contribution in [-0.4, -0.2) is 9.78 Å². The van der Waals surface area contributed by atoms with Gasteiger partial charge in [-0.2, -0.15) is 18.4 Å². The Morgan fingerprint density at radius 1 is 1.20 bits per heavy atom. The summed E-state index contributed by atoms with van der Waals surface area (Å²) in [7, 11) is 0. The van der Waals surface area contributed by atoms with Crippen molar-refractivity contribution in [2.45, 2.75) is 6.18 Å². The summed E-state index contributed by atoms with van der Waals surface area (Å²) in [6.45, 7) is 0. The number of hydrogen-bond donors (Lipinski definition) is 1. The molecule has 0 radical (unpaired) electrons. The zero-order valence-electron chi connectivity index (χ0n) is 9.42. The number of halogens is 5. The molecular weight excluding hydrogens is 318 g/mol. The molecule has 0 saturated carbocycles. The van der Waals surface area contributed by atoms with Gasteiger partial charge in [-0.15, -0.1) is 0 Å². The number of aromatic nitrogens is 2. The molecule has 0 saturated heterocycles. The molecule has 2 aromatic rings. The van der Waals surface area contributed by atoms with Crippen LogP contribution >= 0.6 is 23.2 Å². The average molecular weight is 322 g/mol. The largest absolute Gasteiger partial charge is 0.416 e. The second-order valence-electron chi connectivity index (χ2n) is 3.74. The van der Waals surface area contributed by atoms with Crippen molar-refractivity contribution in [2.24, 2.45) is 0 Å². The van der Waals surface area contributed by atoms with E-state index >= 15 is 0 Å².